The maximum Gasteiger partial charge on any atom is 0.367 e. The van der Waals surface area contributed by atoms with E-state index in [0.29, 0.717) is 23.4 Å². The summed E-state index contributed by atoms with van der Waals surface area (Å²) in [5, 5.41) is 16.6. The van der Waals surface area contributed by atoms with Crippen molar-refractivity contribution in [2.24, 2.45) is 8.80 Å². The molecule has 0 amide bonds. The van der Waals surface area contributed by atoms with Crippen LogP contribution in [0.3, 0.4) is 0 Å². The van der Waals surface area contributed by atoms with Gasteiger partial charge in [0.2, 0.25) is 0 Å². The Morgan fingerprint density at radius 3 is 2.53 bits per heavy atom. The van der Waals surface area contributed by atoms with E-state index in [4.69, 9.17) is 4.42 Å². The van der Waals surface area contributed by atoms with Crippen LogP contribution in [0.4, 0.5) is 5.69 Å². The van der Waals surface area contributed by atoms with Gasteiger partial charge in [0.25, 0.3) is 0 Å². The summed E-state index contributed by atoms with van der Waals surface area (Å²) >= 11 is 0. The van der Waals surface area contributed by atoms with Crippen LogP contribution in [0.1, 0.15) is 36.5 Å². The van der Waals surface area contributed by atoms with Gasteiger partial charge < -0.3 is 25.1 Å². The number of nitrogens with one attached hydrogen (secondary N) is 2. The monoisotopic (exact) mass is 431 g/mol. The maximum atomic E-state index is 12.0. The van der Waals surface area contributed by atoms with Crippen molar-refractivity contribution in [3.63, 3.8) is 0 Å². The maximum absolute atomic E-state index is 12.0. The molecule has 3 N–H and O–H groups in total. The third kappa shape index (κ3) is 4.48. The van der Waals surface area contributed by atoms with Gasteiger partial charge in [-0.15, -0.1) is 8.80 Å². The quantitative estimate of drug-likeness (QED) is 0.601. The molecule has 2 heterocycles. The van der Waals surface area contributed by atoms with E-state index < -0.39 is 10.2 Å². The van der Waals surface area contributed by atoms with Crippen molar-refractivity contribution in [3.05, 3.63) is 54.0 Å². The van der Waals surface area contributed by atoms with Crippen molar-refractivity contribution >= 4 is 33.3 Å². The van der Waals surface area contributed by atoms with Crippen LogP contribution in [0.2, 0.25) is 0 Å². The fraction of sp³-hybridized carbons (Fsp3) is 0.300. The average Bonchev–Trinajstić information content (AvgIpc) is 3.23. The number of para-hydroxylation sites is 1. The summed E-state index contributed by atoms with van der Waals surface area (Å²) in [5.41, 5.74) is 1.39. The van der Waals surface area contributed by atoms with Gasteiger partial charge in [-0.05, 0) is 37.6 Å². The first-order chi connectivity index (χ1) is 14.1. The number of furan rings is 1. The van der Waals surface area contributed by atoms with Gasteiger partial charge in [-0.1, -0.05) is 19.6 Å². The number of phenols is 1. The topological polar surface area (TPSA) is 120 Å². The summed E-state index contributed by atoms with van der Waals surface area (Å²) in [4.78, 5) is 1.77. The minimum absolute atomic E-state index is 0.0142. The molecule has 0 aliphatic carbocycles. The molecule has 1 aliphatic rings. The fourth-order valence-corrected chi connectivity index (χ4v) is 3.71. The van der Waals surface area contributed by atoms with Crippen LogP contribution in [0, 0.1) is 6.92 Å². The van der Waals surface area contributed by atoms with Crippen LogP contribution in [-0.4, -0.2) is 44.2 Å². The molecular weight excluding hydrogens is 406 g/mol. The molecule has 1 aromatic heterocycles. The Morgan fingerprint density at radius 1 is 1.23 bits per heavy atom. The van der Waals surface area contributed by atoms with E-state index in [-0.39, 0.29) is 29.1 Å². The molecule has 9 nitrogen and oxygen atoms in total. The highest BCUT2D eigenvalue weighted by molar-refractivity contribution is 7.89. The van der Waals surface area contributed by atoms with Crippen LogP contribution in [0.25, 0.3) is 5.70 Å². The number of benzene rings is 1. The molecule has 0 saturated carbocycles. The van der Waals surface area contributed by atoms with Gasteiger partial charge in [0, 0.05) is 25.4 Å². The van der Waals surface area contributed by atoms with Crippen molar-refractivity contribution in [2.75, 3.05) is 19.4 Å². The van der Waals surface area contributed by atoms with Crippen LogP contribution < -0.4 is 10.6 Å². The Balaban J connectivity index is 1.89. The molecule has 30 heavy (non-hydrogen) atoms. The largest absolute Gasteiger partial charge is 0.505 e. The third-order valence-corrected chi connectivity index (χ3v) is 5.43. The highest BCUT2D eigenvalue weighted by Crippen LogP contribution is 2.33. The summed E-state index contributed by atoms with van der Waals surface area (Å²) in [5.74, 6) is 1.37. The second-order valence-corrected chi connectivity index (χ2v) is 8.31. The smallest absolute Gasteiger partial charge is 0.367 e. The van der Waals surface area contributed by atoms with Gasteiger partial charge in [0.1, 0.15) is 17.3 Å². The van der Waals surface area contributed by atoms with Gasteiger partial charge >= 0.3 is 10.2 Å². The van der Waals surface area contributed by atoms with Crippen molar-refractivity contribution in [1.29, 1.82) is 0 Å². The van der Waals surface area contributed by atoms with Crippen LogP contribution in [0.15, 0.2) is 50.1 Å². The third-order valence-electron chi connectivity index (χ3n) is 4.60. The number of nitrogens with zero attached hydrogens (tertiary/aromatic N) is 3. The van der Waals surface area contributed by atoms with E-state index >= 15 is 0 Å². The van der Waals surface area contributed by atoms with E-state index in [1.165, 1.54) is 0 Å². The van der Waals surface area contributed by atoms with E-state index in [1.54, 1.807) is 23.1 Å². The number of aromatic hydroxyl groups is 1. The molecule has 0 saturated heterocycles. The lowest BCUT2D eigenvalue weighted by molar-refractivity contribution is 0.424. The molecular formula is C20H25N5O4S. The number of amidine groups is 2. The standard InChI is InChI=1S/C20H25N5O4S/c1-6-15(17-11-10-12(2)29-17)21-19-20(24-30(27,28)23-19)22-16-9-7-8-14(18(16)26)13(3)25(4)5/h7-11,15,26H,3,6H2,1-2,4-5H3,(H,21,23)(H,22,24)/t15-/m1/s1. The molecule has 10 heteroatoms. The van der Waals surface area contributed by atoms with Gasteiger partial charge in [-0.3, -0.25) is 0 Å². The molecule has 3 rings (SSSR count). The number of aryl methyl sites for hydroxylation is 1. The molecule has 2 aromatic rings. The lowest BCUT2D eigenvalue weighted by atomic mass is 10.1. The van der Waals surface area contributed by atoms with Crippen molar-refractivity contribution < 1.29 is 17.9 Å². The molecule has 160 valence electrons. The van der Waals surface area contributed by atoms with E-state index in [9.17, 15) is 13.5 Å². The zero-order chi connectivity index (χ0) is 22.1. The Bertz CT molecular complexity index is 1130. The molecule has 0 radical (unpaired) electrons. The van der Waals surface area contributed by atoms with E-state index in [1.807, 2.05) is 40.1 Å². The highest BCUT2D eigenvalue weighted by atomic mass is 32.2. The van der Waals surface area contributed by atoms with Gasteiger partial charge in [-0.2, -0.15) is 8.42 Å². The number of hydrogen-bond donors (Lipinski definition) is 3. The second-order valence-electron chi connectivity index (χ2n) is 7.05. The zero-order valence-corrected chi connectivity index (χ0v) is 18.1. The Morgan fingerprint density at radius 2 is 1.93 bits per heavy atom. The predicted octanol–water partition coefficient (Wildman–Crippen LogP) is 3.03. The first-order valence-electron chi connectivity index (χ1n) is 9.35. The van der Waals surface area contributed by atoms with E-state index in [0.717, 1.165) is 5.76 Å². The zero-order valence-electron chi connectivity index (χ0n) is 17.3. The van der Waals surface area contributed by atoms with Gasteiger partial charge in [0.15, 0.2) is 11.7 Å². The lowest BCUT2D eigenvalue weighted by Gasteiger charge is -2.20. The summed E-state index contributed by atoms with van der Waals surface area (Å²) in [6.07, 6.45) is 0.628. The van der Waals surface area contributed by atoms with Crippen LogP contribution in [0.5, 0.6) is 5.75 Å². The summed E-state index contributed by atoms with van der Waals surface area (Å²) < 4.78 is 37.1. The summed E-state index contributed by atoms with van der Waals surface area (Å²) in [6.45, 7) is 7.72. The van der Waals surface area contributed by atoms with Crippen LogP contribution in [-0.2, 0) is 10.2 Å². The Labute approximate surface area is 176 Å². The molecule has 0 unspecified atom stereocenters. The minimum atomic E-state index is -4.04. The first kappa shape index (κ1) is 21.4. The molecule has 0 bridgehead atoms. The van der Waals surface area contributed by atoms with Crippen molar-refractivity contribution in [2.45, 2.75) is 26.3 Å². The molecule has 1 aromatic carbocycles. The normalized spacial score (nSPS) is 15.9. The van der Waals surface area contributed by atoms with Crippen molar-refractivity contribution in [1.82, 2.24) is 10.2 Å². The van der Waals surface area contributed by atoms with E-state index in [2.05, 4.69) is 26.0 Å². The second kappa shape index (κ2) is 8.23. The lowest BCUT2D eigenvalue weighted by Crippen LogP contribution is -2.36. The average molecular weight is 432 g/mol. The highest BCUT2D eigenvalue weighted by Gasteiger charge is 2.28. The molecule has 0 fully saturated rings. The number of rotatable bonds is 6. The summed E-state index contributed by atoms with van der Waals surface area (Å²) in [6, 6.07) is 8.41. The fourth-order valence-electron chi connectivity index (χ4n) is 2.94. The SMILES string of the molecule is C=C(c1cccc(NC2=NS(=O)(=O)N=C2N[C@H](CC)c2ccc(C)o2)c1O)N(C)C. The molecule has 1 atom stereocenters. The van der Waals surface area contributed by atoms with Gasteiger partial charge in [-0.25, -0.2) is 0 Å². The predicted molar refractivity (Wildman–Crippen MR) is 118 cm³/mol. The Hall–Kier alpha value is -3.27. The Kier molecular flexibility index (Phi) is 5.88. The summed E-state index contributed by atoms with van der Waals surface area (Å²) in [7, 11) is -0.414. The van der Waals surface area contributed by atoms with Gasteiger partial charge in [0.05, 0.1) is 11.7 Å². The minimum Gasteiger partial charge on any atom is -0.505 e. The van der Waals surface area contributed by atoms with Crippen LogP contribution >= 0.6 is 0 Å². The molecule has 1 aliphatic heterocycles. The number of phenolic OH excluding ortho intramolecular Hbond substituents is 1. The molecule has 0 spiro atoms. The number of anilines is 1. The first-order valence-corrected chi connectivity index (χ1v) is 10.7. The number of hydrogen-bond acceptors (Lipinski definition) is 7. The van der Waals surface area contributed by atoms with Crippen molar-refractivity contribution in [3.8, 4) is 5.75 Å².